The standard InChI is InChI=1S/C10H16FNO3/c11-6-8-7-12(4-5-15-8)9(13)10(14)2-1-3-10/h8,14H,1-7H2/t8-/m0/s1. The van der Waals surface area contributed by atoms with Gasteiger partial charge in [0.05, 0.1) is 6.61 Å². The van der Waals surface area contributed by atoms with Gasteiger partial charge < -0.3 is 14.7 Å². The van der Waals surface area contributed by atoms with Crippen molar-refractivity contribution in [3.05, 3.63) is 0 Å². The molecule has 2 aliphatic rings. The summed E-state index contributed by atoms with van der Waals surface area (Å²) in [5, 5.41) is 9.86. The highest BCUT2D eigenvalue weighted by Gasteiger charge is 2.45. The van der Waals surface area contributed by atoms with Crippen molar-refractivity contribution in [2.75, 3.05) is 26.4 Å². The number of ether oxygens (including phenoxy) is 1. The van der Waals surface area contributed by atoms with Crippen LogP contribution in [0.25, 0.3) is 0 Å². The minimum absolute atomic E-state index is 0.254. The van der Waals surface area contributed by atoms with Crippen LogP contribution in [0.4, 0.5) is 4.39 Å². The van der Waals surface area contributed by atoms with E-state index < -0.39 is 18.4 Å². The quantitative estimate of drug-likeness (QED) is 0.713. The Hall–Kier alpha value is -0.680. The van der Waals surface area contributed by atoms with Crippen LogP contribution in [-0.2, 0) is 9.53 Å². The average Bonchev–Trinajstić information content (AvgIpc) is 2.25. The molecule has 0 spiro atoms. The van der Waals surface area contributed by atoms with Gasteiger partial charge in [0.1, 0.15) is 18.4 Å². The number of hydrogen-bond donors (Lipinski definition) is 1. The Morgan fingerprint density at radius 2 is 2.33 bits per heavy atom. The molecule has 0 aromatic carbocycles. The number of amides is 1. The van der Waals surface area contributed by atoms with Crippen molar-refractivity contribution in [2.45, 2.75) is 31.0 Å². The Labute approximate surface area is 88.0 Å². The van der Waals surface area contributed by atoms with Crippen LogP contribution in [0.15, 0.2) is 0 Å². The second-order valence-corrected chi connectivity index (χ2v) is 4.28. The van der Waals surface area contributed by atoms with Gasteiger partial charge in [-0.15, -0.1) is 0 Å². The molecule has 86 valence electrons. The molecule has 4 nitrogen and oxygen atoms in total. The van der Waals surface area contributed by atoms with E-state index in [-0.39, 0.29) is 12.5 Å². The van der Waals surface area contributed by atoms with Crippen LogP contribution in [0.3, 0.4) is 0 Å². The largest absolute Gasteiger partial charge is 0.380 e. The second-order valence-electron chi connectivity index (χ2n) is 4.28. The Kier molecular flexibility index (Phi) is 2.93. The lowest BCUT2D eigenvalue weighted by molar-refractivity contribution is -0.167. The van der Waals surface area contributed by atoms with Gasteiger partial charge >= 0.3 is 0 Å². The molecular weight excluding hydrogens is 201 g/mol. The van der Waals surface area contributed by atoms with Gasteiger partial charge in [-0.3, -0.25) is 4.79 Å². The molecule has 2 rings (SSSR count). The first-order valence-electron chi connectivity index (χ1n) is 5.35. The molecule has 1 amide bonds. The predicted octanol–water partition coefficient (Wildman–Crippen LogP) is 0.0983. The molecular formula is C10H16FNO3. The highest BCUT2D eigenvalue weighted by molar-refractivity contribution is 5.86. The third kappa shape index (κ3) is 1.99. The fourth-order valence-electron chi connectivity index (χ4n) is 2.02. The first-order chi connectivity index (χ1) is 7.15. The molecule has 5 heteroatoms. The van der Waals surface area contributed by atoms with E-state index in [9.17, 15) is 14.3 Å². The predicted molar refractivity (Wildman–Crippen MR) is 51.1 cm³/mol. The van der Waals surface area contributed by atoms with Gasteiger partial charge in [0.2, 0.25) is 0 Å². The normalized spacial score (nSPS) is 29.7. The average molecular weight is 217 g/mol. The number of hydrogen-bond acceptors (Lipinski definition) is 3. The lowest BCUT2D eigenvalue weighted by atomic mass is 9.79. The van der Waals surface area contributed by atoms with E-state index in [2.05, 4.69) is 0 Å². The summed E-state index contributed by atoms with van der Waals surface area (Å²) < 4.78 is 17.5. The molecule has 0 unspecified atom stereocenters. The lowest BCUT2D eigenvalue weighted by Gasteiger charge is -2.41. The van der Waals surface area contributed by atoms with E-state index in [1.807, 2.05) is 0 Å². The van der Waals surface area contributed by atoms with Crippen molar-refractivity contribution in [1.82, 2.24) is 4.90 Å². The summed E-state index contributed by atoms with van der Waals surface area (Å²) >= 11 is 0. The molecule has 0 aromatic heterocycles. The molecule has 1 saturated heterocycles. The molecule has 1 atom stereocenters. The topological polar surface area (TPSA) is 49.8 Å². The van der Waals surface area contributed by atoms with Gasteiger partial charge in [-0.1, -0.05) is 0 Å². The Bertz CT molecular complexity index is 255. The van der Waals surface area contributed by atoms with Crippen LogP contribution in [0, 0.1) is 0 Å². The molecule has 2 fully saturated rings. The van der Waals surface area contributed by atoms with Gasteiger partial charge in [0, 0.05) is 13.1 Å². The third-order valence-corrected chi connectivity index (χ3v) is 3.18. The fourth-order valence-corrected chi connectivity index (χ4v) is 2.02. The summed E-state index contributed by atoms with van der Waals surface area (Å²) in [6.07, 6.45) is 1.43. The first kappa shape index (κ1) is 10.8. The van der Waals surface area contributed by atoms with Gasteiger partial charge in [-0.05, 0) is 19.3 Å². The molecule has 15 heavy (non-hydrogen) atoms. The zero-order valence-corrected chi connectivity index (χ0v) is 8.62. The molecule has 1 aliphatic heterocycles. The van der Waals surface area contributed by atoms with Crippen molar-refractivity contribution < 1.29 is 19.0 Å². The van der Waals surface area contributed by atoms with Crippen molar-refractivity contribution in [3.8, 4) is 0 Å². The smallest absolute Gasteiger partial charge is 0.254 e. The molecule has 1 N–H and O–H groups in total. The number of halogens is 1. The summed E-state index contributed by atoms with van der Waals surface area (Å²) in [5.41, 5.74) is -1.17. The SMILES string of the molecule is O=C(N1CCO[C@@H](CF)C1)C1(O)CCC1. The van der Waals surface area contributed by atoms with Crippen molar-refractivity contribution in [2.24, 2.45) is 0 Å². The zero-order valence-electron chi connectivity index (χ0n) is 8.62. The molecule has 1 saturated carbocycles. The zero-order chi connectivity index (χ0) is 10.9. The van der Waals surface area contributed by atoms with Crippen LogP contribution in [0.2, 0.25) is 0 Å². The number of morpholine rings is 1. The van der Waals surface area contributed by atoms with E-state index in [0.717, 1.165) is 6.42 Å². The number of alkyl halides is 1. The summed E-state index contributed by atoms with van der Waals surface area (Å²) in [6.45, 7) is 0.494. The molecule has 1 heterocycles. The first-order valence-corrected chi connectivity index (χ1v) is 5.35. The number of aliphatic hydroxyl groups is 1. The van der Waals surface area contributed by atoms with Gasteiger partial charge in [0.25, 0.3) is 5.91 Å². The lowest BCUT2D eigenvalue weighted by Crippen LogP contribution is -2.57. The van der Waals surface area contributed by atoms with Crippen molar-refractivity contribution in [1.29, 1.82) is 0 Å². The maximum atomic E-state index is 12.4. The molecule has 0 bridgehead atoms. The van der Waals surface area contributed by atoms with E-state index in [4.69, 9.17) is 4.74 Å². The maximum absolute atomic E-state index is 12.4. The van der Waals surface area contributed by atoms with Crippen molar-refractivity contribution >= 4 is 5.91 Å². The van der Waals surface area contributed by atoms with E-state index >= 15 is 0 Å². The monoisotopic (exact) mass is 217 g/mol. The fraction of sp³-hybridized carbons (Fsp3) is 0.900. The minimum Gasteiger partial charge on any atom is -0.380 e. The maximum Gasteiger partial charge on any atom is 0.254 e. The van der Waals surface area contributed by atoms with Crippen LogP contribution < -0.4 is 0 Å². The minimum atomic E-state index is -1.17. The number of nitrogens with zero attached hydrogens (tertiary/aromatic N) is 1. The van der Waals surface area contributed by atoms with Gasteiger partial charge in [0.15, 0.2) is 0 Å². The van der Waals surface area contributed by atoms with Crippen LogP contribution >= 0.6 is 0 Å². The summed E-state index contributed by atoms with van der Waals surface area (Å²) in [5.74, 6) is -0.254. The van der Waals surface area contributed by atoms with E-state index in [1.165, 1.54) is 4.90 Å². The molecule has 0 radical (unpaired) electrons. The summed E-state index contributed by atoms with van der Waals surface area (Å²) in [4.78, 5) is 13.4. The van der Waals surface area contributed by atoms with Crippen LogP contribution in [0.1, 0.15) is 19.3 Å². The highest BCUT2D eigenvalue weighted by Crippen LogP contribution is 2.33. The van der Waals surface area contributed by atoms with Crippen molar-refractivity contribution in [3.63, 3.8) is 0 Å². The summed E-state index contributed by atoms with van der Waals surface area (Å²) in [6, 6.07) is 0. The Morgan fingerprint density at radius 3 is 2.87 bits per heavy atom. The third-order valence-electron chi connectivity index (χ3n) is 3.18. The van der Waals surface area contributed by atoms with Crippen LogP contribution in [-0.4, -0.2) is 54.0 Å². The number of carbonyl (C=O) groups is 1. The molecule has 0 aromatic rings. The number of rotatable bonds is 2. The Morgan fingerprint density at radius 1 is 1.60 bits per heavy atom. The Balaban J connectivity index is 1.95. The van der Waals surface area contributed by atoms with Gasteiger partial charge in [-0.25, -0.2) is 4.39 Å². The highest BCUT2D eigenvalue weighted by atomic mass is 19.1. The number of carbonyl (C=O) groups excluding carboxylic acids is 1. The molecule has 1 aliphatic carbocycles. The van der Waals surface area contributed by atoms with Gasteiger partial charge in [-0.2, -0.15) is 0 Å². The van der Waals surface area contributed by atoms with Crippen LogP contribution in [0.5, 0.6) is 0 Å². The summed E-state index contributed by atoms with van der Waals surface area (Å²) in [7, 11) is 0. The second kappa shape index (κ2) is 4.06. The van der Waals surface area contributed by atoms with E-state index in [0.29, 0.717) is 26.0 Å². The van der Waals surface area contributed by atoms with E-state index in [1.54, 1.807) is 0 Å².